The van der Waals surface area contributed by atoms with Crippen molar-refractivity contribution in [2.24, 2.45) is 0 Å². The smallest absolute Gasteiger partial charge is 0.259 e. The minimum atomic E-state index is -0.133. The summed E-state index contributed by atoms with van der Waals surface area (Å²) in [4.78, 5) is 11.8. The lowest BCUT2D eigenvalue weighted by Crippen LogP contribution is -2.05. The van der Waals surface area contributed by atoms with Gasteiger partial charge in [-0.25, -0.2) is 0 Å². The molecule has 80 valence electrons. The minimum Gasteiger partial charge on any atom is -0.491 e. The van der Waals surface area contributed by atoms with Crippen molar-refractivity contribution in [3.05, 3.63) is 35.6 Å². The van der Waals surface area contributed by atoms with E-state index in [1.807, 2.05) is 24.3 Å². The van der Waals surface area contributed by atoms with Crippen molar-refractivity contribution in [1.82, 2.24) is 0 Å². The number of hydrogen-bond donors (Lipinski definition) is 2. The number of rotatable bonds is 0. The molecular formula is C12H10N2O2. The van der Waals surface area contributed by atoms with Crippen LogP contribution in [0, 0.1) is 5.41 Å². The zero-order chi connectivity index (χ0) is 11.1. The number of fused-ring (bicyclic) bond motifs is 1. The van der Waals surface area contributed by atoms with E-state index in [-0.39, 0.29) is 5.91 Å². The molecule has 0 unspecified atom stereocenters. The van der Waals surface area contributed by atoms with Crippen LogP contribution < -0.4 is 5.32 Å². The van der Waals surface area contributed by atoms with E-state index < -0.39 is 0 Å². The molecule has 2 N–H and O–H groups in total. The molecule has 1 aromatic rings. The molecule has 4 nitrogen and oxygen atoms in total. The van der Waals surface area contributed by atoms with Gasteiger partial charge in [0.15, 0.2) is 0 Å². The molecular weight excluding hydrogens is 204 g/mol. The second-order valence-corrected chi connectivity index (χ2v) is 3.87. The number of nitrogens with one attached hydrogen (secondary N) is 2. The third-order valence-electron chi connectivity index (χ3n) is 2.75. The molecule has 0 bridgehead atoms. The van der Waals surface area contributed by atoms with Crippen LogP contribution in [0.1, 0.15) is 12.0 Å². The van der Waals surface area contributed by atoms with Gasteiger partial charge in [0.25, 0.3) is 5.91 Å². The highest BCUT2D eigenvalue weighted by molar-refractivity contribution is 6.32. The Labute approximate surface area is 92.4 Å². The number of hydrogen-bond acceptors (Lipinski definition) is 3. The molecule has 16 heavy (non-hydrogen) atoms. The fraction of sp³-hybridized carbons (Fsp3) is 0.167. The van der Waals surface area contributed by atoms with Crippen LogP contribution in [-0.4, -0.2) is 18.2 Å². The van der Waals surface area contributed by atoms with Gasteiger partial charge in [0, 0.05) is 17.7 Å². The first-order valence-corrected chi connectivity index (χ1v) is 5.08. The van der Waals surface area contributed by atoms with Crippen LogP contribution in [-0.2, 0) is 9.53 Å². The maximum absolute atomic E-state index is 11.8. The zero-order valence-electron chi connectivity index (χ0n) is 8.54. The van der Waals surface area contributed by atoms with E-state index in [1.165, 1.54) is 0 Å². The Morgan fingerprint density at radius 3 is 2.88 bits per heavy atom. The monoisotopic (exact) mass is 214 g/mol. The van der Waals surface area contributed by atoms with Gasteiger partial charge in [-0.3, -0.25) is 4.79 Å². The third-order valence-corrected chi connectivity index (χ3v) is 2.75. The summed E-state index contributed by atoms with van der Waals surface area (Å²) in [5, 5.41) is 10.3. The number of allylic oxidation sites excluding steroid dienone is 1. The summed E-state index contributed by atoms with van der Waals surface area (Å²) in [6.45, 7) is 0.300. The summed E-state index contributed by atoms with van der Waals surface area (Å²) in [5.41, 5.74) is 2.78. The first kappa shape index (κ1) is 9.15. The van der Waals surface area contributed by atoms with Crippen LogP contribution >= 0.6 is 0 Å². The molecule has 0 aromatic heterocycles. The van der Waals surface area contributed by atoms with Crippen molar-refractivity contribution in [2.75, 3.05) is 11.9 Å². The number of benzene rings is 1. The average Bonchev–Trinajstić information content (AvgIpc) is 2.80. The summed E-state index contributed by atoms with van der Waals surface area (Å²) in [5.74, 6) is 0.485. The number of para-hydroxylation sites is 1. The molecule has 0 spiro atoms. The molecule has 0 aliphatic carbocycles. The molecule has 1 amide bonds. The topological polar surface area (TPSA) is 62.2 Å². The number of carbonyl (C=O) groups excluding carboxylic acids is 1. The fourth-order valence-corrected chi connectivity index (χ4v) is 2.02. The lowest BCUT2D eigenvalue weighted by atomic mass is 10.0. The summed E-state index contributed by atoms with van der Waals surface area (Å²) in [6.07, 6.45) is 0.442. The molecule has 1 saturated heterocycles. The van der Waals surface area contributed by atoms with Gasteiger partial charge in [0.2, 0.25) is 0 Å². The zero-order valence-corrected chi connectivity index (χ0v) is 8.54. The van der Waals surface area contributed by atoms with Crippen LogP contribution in [0.25, 0.3) is 5.57 Å². The summed E-state index contributed by atoms with van der Waals surface area (Å²) >= 11 is 0. The maximum Gasteiger partial charge on any atom is 0.259 e. The molecule has 1 aromatic carbocycles. The largest absolute Gasteiger partial charge is 0.491 e. The quantitative estimate of drug-likeness (QED) is 0.647. The van der Waals surface area contributed by atoms with Gasteiger partial charge in [0.05, 0.1) is 11.3 Å². The highest BCUT2D eigenvalue weighted by atomic mass is 16.5. The van der Waals surface area contributed by atoms with Crippen molar-refractivity contribution in [2.45, 2.75) is 6.42 Å². The first-order chi connectivity index (χ1) is 7.75. The molecule has 2 heterocycles. The number of amides is 1. The second kappa shape index (κ2) is 3.20. The van der Waals surface area contributed by atoms with Crippen molar-refractivity contribution >= 4 is 22.9 Å². The molecule has 4 heteroatoms. The Hall–Kier alpha value is -2.10. The Balaban J connectivity index is 2.15. The van der Waals surface area contributed by atoms with E-state index in [0.717, 1.165) is 11.3 Å². The highest BCUT2D eigenvalue weighted by Crippen LogP contribution is 2.36. The van der Waals surface area contributed by atoms with Crippen LogP contribution in [0.5, 0.6) is 0 Å². The van der Waals surface area contributed by atoms with Gasteiger partial charge in [0.1, 0.15) is 12.4 Å². The van der Waals surface area contributed by atoms with Gasteiger partial charge in [-0.15, -0.1) is 0 Å². The predicted molar refractivity (Wildman–Crippen MR) is 60.3 cm³/mol. The third kappa shape index (κ3) is 1.23. The first-order valence-electron chi connectivity index (χ1n) is 5.08. The van der Waals surface area contributed by atoms with Crippen molar-refractivity contribution in [3.63, 3.8) is 0 Å². The standard InChI is InChI=1S/C12H10N2O2/c13-7-5-10(16-6-7)11-8-3-1-2-4-9(8)14-12(11)15/h1-4,13H,5-6H2,(H,14,15). The van der Waals surface area contributed by atoms with Gasteiger partial charge < -0.3 is 15.5 Å². The Morgan fingerprint density at radius 1 is 1.31 bits per heavy atom. The Kier molecular flexibility index (Phi) is 1.83. The molecule has 0 radical (unpaired) electrons. The average molecular weight is 214 g/mol. The molecule has 0 atom stereocenters. The van der Waals surface area contributed by atoms with E-state index in [4.69, 9.17) is 10.1 Å². The van der Waals surface area contributed by atoms with Gasteiger partial charge >= 0.3 is 0 Å². The maximum atomic E-state index is 11.8. The summed E-state index contributed by atoms with van der Waals surface area (Å²) in [7, 11) is 0. The molecule has 0 saturated carbocycles. The summed E-state index contributed by atoms with van der Waals surface area (Å²) in [6, 6.07) is 7.52. The molecule has 3 rings (SSSR count). The van der Waals surface area contributed by atoms with Crippen molar-refractivity contribution in [3.8, 4) is 0 Å². The number of ether oxygens (including phenoxy) is 1. The van der Waals surface area contributed by atoms with Gasteiger partial charge in [-0.1, -0.05) is 18.2 Å². The lowest BCUT2D eigenvalue weighted by molar-refractivity contribution is -0.110. The van der Waals surface area contributed by atoms with Crippen LogP contribution in [0.3, 0.4) is 0 Å². The highest BCUT2D eigenvalue weighted by Gasteiger charge is 2.30. The number of carbonyl (C=O) groups is 1. The van der Waals surface area contributed by atoms with E-state index in [2.05, 4.69) is 5.32 Å². The number of anilines is 1. The van der Waals surface area contributed by atoms with E-state index in [9.17, 15) is 4.79 Å². The van der Waals surface area contributed by atoms with Crippen LogP contribution in [0.15, 0.2) is 30.0 Å². The van der Waals surface area contributed by atoms with Crippen molar-refractivity contribution < 1.29 is 9.53 Å². The van der Waals surface area contributed by atoms with Gasteiger partial charge in [-0.2, -0.15) is 0 Å². The summed E-state index contributed by atoms with van der Waals surface area (Å²) < 4.78 is 5.37. The fourth-order valence-electron chi connectivity index (χ4n) is 2.02. The van der Waals surface area contributed by atoms with Crippen molar-refractivity contribution in [1.29, 1.82) is 5.41 Å². The van der Waals surface area contributed by atoms with E-state index >= 15 is 0 Å². The van der Waals surface area contributed by atoms with E-state index in [0.29, 0.717) is 30.1 Å². The Morgan fingerprint density at radius 2 is 2.12 bits per heavy atom. The minimum absolute atomic E-state index is 0.133. The van der Waals surface area contributed by atoms with E-state index in [1.54, 1.807) is 0 Å². The molecule has 2 aliphatic rings. The molecule has 2 aliphatic heterocycles. The lowest BCUT2D eigenvalue weighted by Gasteiger charge is -2.01. The molecule has 1 fully saturated rings. The normalized spacial score (nSPS) is 23.0. The van der Waals surface area contributed by atoms with Gasteiger partial charge in [-0.05, 0) is 6.07 Å². The second-order valence-electron chi connectivity index (χ2n) is 3.87. The Bertz CT molecular complexity index is 532. The SMILES string of the molecule is N=C1COC(=C2C(=O)Nc3ccccc32)C1. The van der Waals surface area contributed by atoms with Crippen LogP contribution in [0.4, 0.5) is 5.69 Å². The predicted octanol–water partition coefficient (Wildman–Crippen LogP) is 1.79. The van der Waals surface area contributed by atoms with Crippen LogP contribution in [0.2, 0.25) is 0 Å².